The Balaban J connectivity index is 1.82. The normalized spacial score (nSPS) is 12.4. The number of carbonyl (C=O) groups excluding carboxylic acids is 1. The first-order valence-corrected chi connectivity index (χ1v) is 11.8. The molecule has 0 radical (unpaired) electrons. The molecule has 0 fully saturated rings. The maximum absolute atomic E-state index is 13.1. The highest BCUT2D eigenvalue weighted by atomic mass is 79.9. The predicted octanol–water partition coefficient (Wildman–Crippen LogP) is 6.82. The van der Waals surface area contributed by atoms with E-state index in [1.54, 1.807) is 0 Å². The van der Waals surface area contributed by atoms with Gasteiger partial charge >= 0.3 is 0 Å². The van der Waals surface area contributed by atoms with Crippen molar-refractivity contribution in [3.8, 4) is 0 Å². The minimum atomic E-state index is -0.406. The Kier molecular flexibility index (Phi) is 9.00. The molecule has 0 saturated heterocycles. The van der Waals surface area contributed by atoms with Crippen LogP contribution < -0.4 is 5.43 Å². The van der Waals surface area contributed by atoms with E-state index in [9.17, 15) is 4.79 Å². The summed E-state index contributed by atoms with van der Waals surface area (Å²) in [6.07, 6.45) is 1.47. The van der Waals surface area contributed by atoms with Crippen molar-refractivity contribution >= 4 is 50.9 Å². The summed E-state index contributed by atoms with van der Waals surface area (Å²) in [6, 6.07) is 27.6. The smallest absolute Gasteiger partial charge is 0.258 e. The molecule has 0 aliphatic carbocycles. The van der Waals surface area contributed by atoms with Gasteiger partial charge in [0.2, 0.25) is 0 Å². The largest absolute Gasteiger partial charge is 0.271 e. The number of halogens is 2. The van der Waals surface area contributed by atoms with Crippen molar-refractivity contribution in [1.82, 2.24) is 5.43 Å². The number of carbonyl (C=O) groups is 1. The highest BCUT2D eigenvalue weighted by Gasteiger charge is 2.22. The number of thioether (sulfide) groups is 1. The van der Waals surface area contributed by atoms with Crippen molar-refractivity contribution in [2.75, 3.05) is 5.88 Å². The molecule has 30 heavy (non-hydrogen) atoms. The fraction of sp³-hybridized carbons (Fsp3) is 0.167. The number of rotatable bonds is 9. The number of alkyl halides is 1. The zero-order valence-corrected chi connectivity index (χ0v) is 19.5. The lowest BCUT2D eigenvalue weighted by molar-refractivity contribution is -0.120. The molecule has 1 amide bonds. The number of hydrogen-bond acceptors (Lipinski definition) is 3. The van der Waals surface area contributed by atoms with Gasteiger partial charge in [-0.2, -0.15) is 5.10 Å². The number of amides is 1. The predicted molar refractivity (Wildman–Crippen MR) is 130 cm³/mol. The molecule has 3 nitrogen and oxygen atoms in total. The molecule has 0 heterocycles. The number of nitrogens with one attached hydrogen (secondary N) is 1. The van der Waals surface area contributed by atoms with Gasteiger partial charge in [0.05, 0.1) is 5.71 Å². The third-order valence-electron chi connectivity index (χ3n) is 4.36. The molecule has 6 heteroatoms. The average Bonchev–Trinajstić information content (AvgIpc) is 2.79. The van der Waals surface area contributed by atoms with Gasteiger partial charge in [-0.15, -0.1) is 23.4 Å². The molecule has 1 N–H and O–H groups in total. The Bertz CT molecular complexity index is 966. The fourth-order valence-electron chi connectivity index (χ4n) is 2.86. The lowest BCUT2D eigenvalue weighted by Gasteiger charge is -2.16. The monoisotopic (exact) mass is 500 g/mol. The van der Waals surface area contributed by atoms with Crippen molar-refractivity contribution in [2.24, 2.45) is 5.10 Å². The topological polar surface area (TPSA) is 41.5 Å². The number of hydrogen-bond donors (Lipinski definition) is 1. The van der Waals surface area contributed by atoms with Crippen LogP contribution in [0.3, 0.4) is 0 Å². The molecule has 0 aliphatic rings. The van der Waals surface area contributed by atoms with Crippen LogP contribution in [0.1, 0.15) is 29.2 Å². The van der Waals surface area contributed by atoms with Crippen LogP contribution in [-0.4, -0.2) is 17.5 Å². The zero-order chi connectivity index (χ0) is 21.2. The van der Waals surface area contributed by atoms with E-state index in [1.165, 1.54) is 11.8 Å². The lowest BCUT2D eigenvalue weighted by atomic mass is 10.1. The Morgan fingerprint density at radius 3 is 2.23 bits per heavy atom. The summed E-state index contributed by atoms with van der Waals surface area (Å²) in [5.74, 6) is 0.385. The number of hydrazone groups is 1. The Hall–Kier alpha value is -2.08. The summed E-state index contributed by atoms with van der Waals surface area (Å²) in [5, 5.41) is 4.07. The minimum absolute atomic E-state index is 0.157. The minimum Gasteiger partial charge on any atom is -0.271 e. The van der Waals surface area contributed by atoms with Crippen LogP contribution in [0.15, 0.2) is 99.4 Å². The van der Waals surface area contributed by atoms with Crippen molar-refractivity contribution in [3.63, 3.8) is 0 Å². The van der Waals surface area contributed by atoms with Gasteiger partial charge in [-0.3, -0.25) is 4.79 Å². The molecule has 3 aromatic carbocycles. The fourth-order valence-corrected chi connectivity index (χ4v) is 4.30. The van der Waals surface area contributed by atoms with Crippen LogP contribution in [0.25, 0.3) is 0 Å². The summed E-state index contributed by atoms with van der Waals surface area (Å²) in [7, 11) is 0. The molecular weight excluding hydrogens is 480 g/mol. The second-order valence-corrected chi connectivity index (χ2v) is 9.03. The van der Waals surface area contributed by atoms with E-state index in [4.69, 9.17) is 11.6 Å². The van der Waals surface area contributed by atoms with E-state index in [2.05, 4.69) is 26.5 Å². The van der Waals surface area contributed by atoms with Crippen molar-refractivity contribution in [1.29, 1.82) is 0 Å². The molecule has 3 aromatic rings. The van der Waals surface area contributed by atoms with Crippen molar-refractivity contribution in [3.05, 3.63) is 101 Å². The second kappa shape index (κ2) is 11.9. The van der Waals surface area contributed by atoms with Gasteiger partial charge in [-0.25, -0.2) is 5.43 Å². The SMILES string of the molecule is O=C(N/N=C(/CCCCl)c1ccc(Br)cc1)[C@@H](Sc1ccccc1)c1ccccc1. The van der Waals surface area contributed by atoms with Gasteiger partial charge in [0.1, 0.15) is 5.25 Å². The Morgan fingerprint density at radius 1 is 0.967 bits per heavy atom. The van der Waals surface area contributed by atoms with Gasteiger partial charge in [0, 0.05) is 15.2 Å². The third-order valence-corrected chi connectivity index (χ3v) is 6.43. The van der Waals surface area contributed by atoms with E-state index < -0.39 is 5.25 Å². The van der Waals surface area contributed by atoms with Gasteiger partial charge in [0.15, 0.2) is 0 Å². The third kappa shape index (κ3) is 6.73. The molecule has 1 atom stereocenters. The molecule has 0 spiro atoms. The van der Waals surface area contributed by atoms with Gasteiger partial charge < -0.3 is 0 Å². The first kappa shape index (κ1) is 22.6. The highest BCUT2D eigenvalue weighted by molar-refractivity contribution is 9.10. The highest BCUT2D eigenvalue weighted by Crippen LogP contribution is 2.35. The van der Waals surface area contributed by atoms with E-state index in [0.717, 1.165) is 32.6 Å². The van der Waals surface area contributed by atoms with E-state index in [0.29, 0.717) is 12.3 Å². The lowest BCUT2D eigenvalue weighted by Crippen LogP contribution is -2.25. The Morgan fingerprint density at radius 2 is 1.60 bits per heavy atom. The molecule has 154 valence electrons. The van der Waals surface area contributed by atoms with Crippen LogP contribution in [0.4, 0.5) is 0 Å². The van der Waals surface area contributed by atoms with Gasteiger partial charge in [0.25, 0.3) is 5.91 Å². The maximum atomic E-state index is 13.1. The average molecular weight is 502 g/mol. The summed E-state index contributed by atoms with van der Waals surface area (Å²) in [6.45, 7) is 0. The zero-order valence-electron chi connectivity index (χ0n) is 16.3. The molecule has 0 aromatic heterocycles. The van der Waals surface area contributed by atoms with E-state index >= 15 is 0 Å². The van der Waals surface area contributed by atoms with Crippen LogP contribution in [-0.2, 0) is 4.79 Å². The molecule has 0 bridgehead atoms. The number of nitrogens with zero attached hydrogens (tertiary/aromatic N) is 1. The summed E-state index contributed by atoms with van der Waals surface area (Å²) >= 11 is 10.8. The first-order chi connectivity index (χ1) is 14.7. The van der Waals surface area contributed by atoms with E-state index in [-0.39, 0.29) is 5.91 Å². The van der Waals surface area contributed by atoms with Crippen molar-refractivity contribution in [2.45, 2.75) is 23.0 Å². The summed E-state index contributed by atoms with van der Waals surface area (Å²) in [5.41, 5.74) is 5.51. The van der Waals surface area contributed by atoms with Crippen LogP contribution in [0.2, 0.25) is 0 Å². The van der Waals surface area contributed by atoms with Crippen LogP contribution in [0, 0.1) is 0 Å². The number of benzene rings is 3. The quantitative estimate of drug-likeness (QED) is 0.151. The molecule has 0 saturated carbocycles. The molecule has 3 rings (SSSR count). The van der Waals surface area contributed by atoms with Gasteiger partial charge in [-0.05, 0) is 48.2 Å². The van der Waals surface area contributed by atoms with E-state index in [1.807, 2.05) is 84.9 Å². The molecule has 0 aliphatic heterocycles. The Labute approximate surface area is 195 Å². The second-order valence-electron chi connectivity index (χ2n) is 6.56. The van der Waals surface area contributed by atoms with Crippen LogP contribution in [0.5, 0.6) is 0 Å². The molecular formula is C24H22BrClN2OS. The maximum Gasteiger partial charge on any atom is 0.258 e. The molecule has 0 unspecified atom stereocenters. The summed E-state index contributed by atoms with van der Waals surface area (Å²) < 4.78 is 0.996. The van der Waals surface area contributed by atoms with Crippen molar-refractivity contribution < 1.29 is 4.79 Å². The van der Waals surface area contributed by atoms with Crippen LogP contribution >= 0.6 is 39.3 Å². The van der Waals surface area contributed by atoms with Gasteiger partial charge in [-0.1, -0.05) is 76.6 Å². The standard InChI is InChI=1S/C24H22BrClN2OS/c25-20-15-13-18(14-16-20)22(12-7-17-26)27-28-24(29)23(19-8-3-1-4-9-19)30-21-10-5-2-6-11-21/h1-6,8-11,13-16,23H,7,12,17H2,(H,28,29)/b27-22-/t23-/m0/s1. The first-order valence-electron chi connectivity index (χ1n) is 9.62. The summed E-state index contributed by atoms with van der Waals surface area (Å²) in [4.78, 5) is 14.2.